The minimum absolute atomic E-state index is 0.102. The molecule has 0 amide bonds. The molecule has 0 bridgehead atoms. The average Bonchev–Trinajstić information content (AvgIpc) is 2.41. The molecule has 0 atom stereocenters. The molecule has 0 aliphatic heterocycles. The highest BCUT2D eigenvalue weighted by Crippen LogP contribution is 2.20. The van der Waals surface area contributed by atoms with Gasteiger partial charge in [-0.15, -0.1) is 0 Å². The maximum Gasteiger partial charge on any atom is 0.240 e. The second-order valence-corrected chi connectivity index (χ2v) is 7.65. The zero-order valence-electron chi connectivity index (χ0n) is 11.7. The molecule has 4 N–H and O–H groups in total. The lowest BCUT2D eigenvalue weighted by molar-refractivity contribution is 0.120. The van der Waals surface area contributed by atoms with Gasteiger partial charge >= 0.3 is 0 Å². The van der Waals surface area contributed by atoms with Gasteiger partial charge in [0.2, 0.25) is 10.0 Å². The van der Waals surface area contributed by atoms with Crippen LogP contribution in [0.1, 0.15) is 31.2 Å². The summed E-state index contributed by atoms with van der Waals surface area (Å²) >= 11 is 4.83. The van der Waals surface area contributed by atoms with Crippen molar-refractivity contribution < 1.29 is 13.5 Å². The number of hydrogen-bond acceptors (Lipinski definition) is 4. The first-order chi connectivity index (χ1) is 9.87. The van der Waals surface area contributed by atoms with Crippen molar-refractivity contribution in [1.29, 1.82) is 0 Å². The SMILES string of the molecule is NC(=S)Cc1ccc(S(=O)(=O)NC2CCC(O)CC2)cc1. The molecule has 0 spiro atoms. The molecule has 0 radical (unpaired) electrons. The fourth-order valence-corrected chi connectivity index (χ4v) is 3.94. The first kappa shape index (κ1) is 16.4. The van der Waals surface area contributed by atoms with E-state index in [-0.39, 0.29) is 17.0 Å². The molecule has 0 unspecified atom stereocenters. The summed E-state index contributed by atoms with van der Waals surface area (Å²) in [4.78, 5) is 0.616. The normalized spacial score (nSPS) is 22.9. The van der Waals surface area contributed by atoms with Crippen LogP contribution in [0.5, 0.6) is 0 Å². The Labute approximate surface area is 130 Å². The van der Waals surface area contributed by atoms with Crippen molar-refractivity contribution >= 4 is 27.2 Å². The number of rotatable bonds is 5. The maximum absolute atomic E-state index is 12.3. The zero-order chi connectivity index (χ0) is 15.5. The Hall–Kier alpha value is -1.02. The van der Waals surface area contributed by atoms with E-state index in [0.717, 1.165) is 5.56 Å². The van der Waals surface area contributed by atoms with Crippen LogP contribution in [-0.4, -0.2) is 30.7 Å². The minimum Gasteiger partial charge on any atom is -0.393 e. The van der Waals surface area contributed by atoms with Crippen LogP contribution in [0.25, 0.3) is 0 Å². The molecule has 1 fully saturated rings. The minimum atomic E-state index is -3.52. The second kappa shape index (κ2) is 6.83. The van der Waals surface area contributed by atoms with Crippen LogP contribution in [0.4, 0.5) is 0 Å². The molecule has 1 aliphatic rings. The summed E-state index contributed by atoms with van der Waals surface area (Å²) in [5.74, 6) is 0. The van der Waals surface area contributed by atoms with Crippen LogP contribution in [0.15, 0.2) is 29.2 Å². The van der Waals surface area contributed by atoms with Crippen molar-refractivity contribution in [2.45, 2.75) is 49.1 Å². The topological polar surface area (TPSA) is 92.4 Å². The Morgan fingerprint density at radius 1 is 1.24 bits per heavy atom. The summed E-state index contributed by atoms with van der Waals surface area (Å²) in [6.07, 6.45) is 2.77. The molecule has 0 saturated heterocycles. The Kier molecular flexibility index (Phi) is 5.32. The van der Waals surface area contributed by atoms with Gasteiger partial charge in [-0.2, -0.15) is 0 Å². The summed E-state index contributed by atoms with van der Waals surface area (Å²) in [5.41, 5.74) is 6.35. The molecule has 2 rings (SSSR count). The van der Waals surface area contributed by atoms with E-state index in [2.05, 4.69) is 4.72 Å². The number of nitrogens with one attached hydrogen (secondary N) is 1. The van der Waals surface area contributed by atoms with Gasteiger partial charge in [-0.25, -0.2) is 13.1 Å². The van der Waals surface area contributed by atoms with Gasteiger partial charge < -0.3 is 10.8 Å². The molecule has 1 aliphatic carbocycles. The van der Waals surface area contributed by atoms with Gasteiger partial charge in [0.1, 0.15) is 0 Å². The predicted octanol–water partition coefficient (Wildman–Crippen LogP) is 1.10. The average molecular weight is 328 g/mol. The van der Waals surface area contributed by atoms with Crippen molar-refractivity contribution in [2.75, 3.05) is 0 Å². The van der Waals surface area contributed by atoms with Crippen molar-refractivity contribution in [3.05, 3.63) is 29.8 Å². The Morgan fingerprint density at radius 2 is 1.81 bits per heavy atom. The predicted molar refractivity (Wildman–Crippen MR) is 85.5 cm³/mol. The third-order valence-electron chi connectivity index (χ3n) is 3.63. The monoisotopic (exact) mass is 328 g/mol. The van der Waals surface area contributed by atoms with Crippen molar-refractivity contribution in [3.8, 4) is 0 Å². The summed E-state index contributed by atoms with van der Waals surface area (Å²) in [5, 5.41) is 9.45. The van der Waals surface area contributed by atoms with Gasteiger partial charge in [0.15, 0.2) is 0 Å². The van der Waals surface area contributed by atoms with E-state index in [1.54, 1.807) is 24.3 Å². The fraction of sp³-hybridized carbons (Fsp3) is 0.500. The van der Waals surface area contributed by atoms with Crippen LogP contribution >= 0.6 is 12.2 Å². The van der Waals surface area contributed by atoms with Gasteiger partial charge in [-0.3, -0.25) is 0 Å². The lowest BCUT2D eigenvalue weighted by Crippen LogP contribution is -2.38. The summed E-state index contributed by atoms with van der Waals surface area (Å²) in [6.45, 7) is 0. The Bertz CT molecular complexity index is 591. The van der Waals surface area contributed by atoms with E-state index >= 15 is 0 Å². The largest absolute Gasteiger partial charge is 0.393 e. The highest BCUT2D eigenvalue weighted by Gasteiger charge is 2.24. The van der Waals surface area contributed by atoms with Gasteiger partial charge in [0, 0.05) is 12.5 Å². The van der Waals surface area contributed by atoms with E-state index in [9.17, 15) is 13.5 Å². The smallest absolute Gasteiger partial charge is 0.240 e. The lowest BCUT2D eigenvalue weighted by Gasteiger charge is -2.26. The van der Waals surface area contributed by atoms with E-state index in [1.165, 1.54) is 0 Å². The van der Waals surface area contributed by atoms with Gasteiger partial charge in [-0.05, 0) is 43.4 Å². The Morgan fingerprint density at radius 3 is 2.33 bits per heavy atom. The van der Waals surface area contributed by atoms with Crippen molar-refractivity contribution in [1.82, 2.24) is 4.72 Å². The van der Waals surface area contributed by atoms with Crippen LogP contribution in [0.3, 0.4) is 0 Å². The number of hydrogen-bond donors (Lipinski definition) is 3. The molecule has 1 saturated carbocycles. The molecule has 1 aromatic carbocycles. The highest BCUT2D eigenvalue weighted by molar-refractivity contribution is 7.89. The number of nitrogens with two attached hydrogens (primary N) is 1. The summed E-state index contributed by atoms with van der Waals surface area (Å²) in [7, 11) is -3.52. The molecule has 0 aromatic heterocycles. The van der Waals surface area contributed by atoms with Gasteiger partial charge in [-0.1, -0.05) is 24.4 Å². The van der Waals surface area contributed by atoms with Gasteiger partial charge in [0.05, 0.1) is 16.0 Å². The quantitative estimate of drug-likeness (QED) is 0.704. The van der Waals surface area contributed by atoms with Crippen LogP contribution < -0.4 is 10.5 Å². The summed E-state index contributed by atoms with van der Waals surface area (Å²) < 4.78 is 27.3. The molecular weight excluding hydrogens is 308 g/mol. The summed E-state index contributed by atoms with van der Waals surface area (Å²) in [6, 6.07) is 6.47. The number of benzene rings is 1. The van der Waals surface area contributed by atoms with E-state index in [1.807, 2.05) is 0 Å². The molecule has 1 aromatic rings. The van der Waals surface area contributed by atoms with E-state index in [0.29, 0.717) is 37.1 Å². The molecule has 7 heteroatoms. The highest BCUT2D eigenvalue weighted by atomic mass is 32.2. The first-order valence-electron chi connectivity index (χ1n) is 6.94. The van der Waals surface area contributed by atoms with Crippen LogP contribution in [-0.2, 0) is 16.4 Å². The van der Waals surface area contributed by atoms with E-state index < -0.39 is 10.0 Å². The third-order valence-corrected chi connectivity index (χ3v) is 5.31. The third kappa shape index (κ3) is 4.74. The van der Waals surface area contributed by atoms with Gasteiger partial charge in [0.25, 0.3) is 0 Å². The second-order valence-electron chi connectivity index (χ2n) is 5.41. The molecule has 116 valence electrons. The number of aliphatic hydroxyl groups is 1. The first-order valence-corrected chi connectivity index (χ1v) is 8.83. The van der Waals surface area contributed by atoms with Crippen LogP contribution in [0, 0.1) is 0 Å². The molecule has 5 nitrogen and oxygen atoms in total. The fourth-order valence-electron chi connectivity index (χ4n) is 2.47. The molecule has 21 heavy (non-hydrogen) atoms. The van der Waals surface area contributed by atoms with Crippen molar-refractivity contribution in [2.24, 2.45) is 5.73 Å². The van der Waals surface area contributed by atoms with Crippen molar-refractivity contribution in [3.63, 3.8) is 0 Å². The number of sulfonamides is 1. The number of thiocarbonyl (C=S) groups is 1. The van der Waals surface area contributed by atoms with Crippen LogP contribution in [0.2, 0.25) is 0 Å². The molecule has 0 heterocycles. The standard InChI is InChI=1S/C14H20N2O3S2/c15-14(20)9-10-1-7-13(8-2-10)21(18,19)16-11-3-5-12(17)6-4-11/h1-2,7-8,11-12,16-17H,3-6,9H2,(H2,15,20). The number of aliphatic hydroxyl groups excluding tert-OH is 1. The molecular formula is C14H20N2O3S2. The maximum atomic E-state index is 12.3. The van der Waals surface area contributed by atoms with E-state index in [4.69, 9.17) is 18.0 Å². The zero-order valence-corrected chi connectivity index (χ0v) is 13.3. The lowest BCUT2D eigenvalue weighted by atomic mass is 9.94. The Balaban J connectivity index is 2.03.